The van der Waals surface area contributed by atoms with Gasteiger partial charge in [0.1, 0.15) is 16.9 Å². The van der Waals surface area contributed by atoms with Crippen LogP contribution in [-0.2, 0) is 5.75 Å². The molecular formula is C25H21N3O2S. The fourth-order valence-electron chi connectivity index (χ4n) is 3.65. The van der Waals surface area contributed by atoms with E-state index in [-0.39, 0.29) is 11.3 Å². The molecule has 6 heteroatoms. The van der Waals surface area contributed by atoms with Crippen molar-refractivity contribution in [3.05, 3.63) is 108 Å². The number of pyridine rings is 1. The number of hydrogen-bond donors (Lipinski definition) is 1. The predicted octanol–water partition coefficient (Wildman–Crippen LogP) is 6.03. The van der Waals surface area contributed by atoms with Gasteiger partial charge in [-0.15, -0.1) is 11.8 Å². The van der Waals surface area contributed by atoms with Crippen molar-refractivity contribution < 1.29 is 9.53 Å². The second kappa shape index (κ2) is 8.32. The minimum atomic E-state index is -0.117. The molecule has 1 aliphatic rings. The Balaban J connectivity index is 1.32. The zero-order chi connectivity index (χ0) is 21.2. The molecule has 0 spiro atoms. The van der Waals surface area contributed by atoms with E-state index in [1.165, 1.54) is 5.56 Å². The average molecular weight is 428 g/mol. The highest BCUT2D eigenvalue weighted by Crippen LogP contribution is 2.42. The summed E-state index contributed by atoms with van der Waals surface area (Å²) in [4.78, 5) is 17.2. The third-order valence-electron chi connectivity index (χ3n) is 5.22. The van der Waals surface area contributed by atoms with Gasteiger partial charge in [0, 0.05) is 47.4 Å². The van der Waals surface area contributed by atoms with Crippen LogP contribution in [0.15, 0.2) is 85.3 Å². The maximum absolute atomic E-state index is 13.0. The Hall–Kier alpha value is -3.51. The van der Waals surface area contributed by atoms with Crippen LogP contribution in [0, 0.1) is 6.92 Å². The summed E-state index contributed by atoms with van der Waals surface area (Å²) in [6, 6.07) is 21.2. The number of nitrogens with one attached hydrogen (secondary N) is 1. The molecule has 0 radical (unpaired) electrons. The highest BCUT2D eigenvalue weighted by molar-refractivity contribution is 7.99. The van der Waals surface area contributed by atoms with E-state index in [0.717, 1.165) is 22.8 Å². The van der Waals surface area contributed by atoms with Crippen molar-refractivity contribution in [2.75, 3.05) is 5.32 Å². The van der Waals surface area contributed by atoms with E-state index in [0.29, 0.717) is 17.0 Å². The maximum atomic E-state index is 13.0. The monoisotopic (exact) mass is 427 g/mol. The first-order valence-electron chi connectivity index (χ1n) is 10.0. The molecule has 5 rings (SSSR count). The number of carbonyl (C=O) groups is 1. The second-order valence-corrected chi connectivity index (χ2v) is 8.50. The molecular weight excluding hydrogens is 406 g/mol. The molecule has 3 heterocycles. The van der Waals surface area contributed by atoms with Gasteiger partial charge in [-0.25, -0.2) is 0 Å². The molecule has 2 aromatic heterocycles. The van der Waals surface area contributed by atoms with Crippen LogP contribution in [0.3, 0.4) is 0 Å². The normalized spacial score (nSPS) is 14.8. The Bertz CT molecular complexity index is 1220. The minimum absolute atomic E-state index is 0.117. The summed E-state index contributed by atoms with van der Waals surface area (Å²) in [7, 11) is 0. The molecule has 1 aliphatic heterocycles. The van der Waals surface area contributed by atoms with Gasteiger partial charge in [-0.2, -0.15) is 0 Å². The lowest BCUT2D eigenvalue weighted by Crippen LogP contribution is -2.13. The molecule has 0 fully saturated rings. The van der Waals surface area contributed by atoms with Crippen molar-refractivity contribution in [1.29, 1.82) is 0 Å². The predicted molar refractivity (Wildman–Crippen MR) is 124 cm³/mol. The van der Waals surface area contributed by atoms with Crippen molar-refractivity contribution in [2.24, 2.45) is 0 Å². The molecule has 0 bridgehead atoms. The van der Waals surface area contributed by atoms with E-state index in [2.05, 4.69) is 20.9 Å². The third-order valence-corrected chi connectivity index (χ3v) is 6.47. The number of anilines is 1. The van der Waals surface area contributed by atoms with E-state index in [4.69, 9.17) is 4.74 Å². The molecule has 1 amide bonds. The van der Waals surface area contributed by atoms with Gasteiger partial charge in [0.05, 0.1) is 5.56 Å². The minimum Gasteiger partial charge on any atom is -0.457 e. The van der Waals surface area contributed by atoms with Gasteiger partial charge in [0.25, 0.3) is 5.91 Å². The van der Waals surface area contributed by atoms with Gasteiger partial charge < -0.3 is 14.6 Å². The lowest BCUT2D eigenvalue weighted by molar-refractivity contribution is 0.102. The van der Waals surface area contributed by atoms with E-state index in [1.807, 2.05) is 80.0 Å². The number of thioether (sulfide) groups is 1. The summed E-state index contributed by atoms with van der Waals surface area (Å²) in [5, 5.41) is 3.16. The van der Waals surface area contributed by atoms with Crippen LogP contribution in [0.4, 0.5) is 5.69 Å². The van der Waals surface area contributed by atoms with Crippen LogP contribution in [0.2, 0.25) is 0 Å². The summed E-state index contributed by atoms with van der Waals surface area (Å²) < 4.78 is 8.08. The van der Waals surface area contributed by atoms with Crippen molar-refractivity contribution in [2.45, 2.75) is 18.1 Å². The van der Waals surface area contributed by atoms with Crippen molar-refractivity contribution in [1.82, 2.24) is 9.55 Å². The summed E-state index contributed by atoms with van der Waals surface area (Å²) >= 11 is 1.80. The van der Waals surface area contributed by atoms with Crippen molar-refractivity contribution >= 4 is 23.4 Å². The summed E-state index contributed by atoms with van der Waals surface area (Å²) in [5.41, 5.74) is 4.74. The SMILES string of the molecule is Cc1ccc(Oc2cccc(NC(=O)c3ccn4c3CSC4c3cccnc3)c2)cc1. The first-order chi connectivity index (χ1) is 15.2. The quantitative estimate of drug-likeness (QED) is 0.422. The molecule has 154 valence electrons. The topological polar surface area (TPSA) is 56.1 Å². The Morgan fingerprint density at radius 3 is 2.77 bits per heavy atom. The average Bonchev–Trinajstić information content (AvgIpc) is 3.38. The standard InChI is InChI=1S/C25H21N3O2S/c1-17-7-9-20(10-8-17)30-21-6-2-5-19(14-21)27-24(29)22-11-13-28-23(22)16-31-25(28)18-4-3-12-26-15-18/h2-15,25H,16H2,1H3,(H,27,29). The van der Waals surface area contributed by atoms with Gasteiger partial charge >= 0.3 is 0 Å². The van der Waals surface area contributed by atoms with Gasteiger partial charge in [-0.1, -0.05) is 29.8 Å². The van der Waals surface area contributed by atoms with E-state index in [1.54, 1.807) is 18.0 Å². The van der Waals surface area contributed by atoms with E-state index in [9.17, 15) is 4.79 Å². The number of hydrogen-bond acceptors (Lipinski definition) is 4. The Kier molecular flexibility index (Phi) is 5.22. The number of carbonyl (C=O) groups excluding carboxylic acids is 1. The number of aromatic nitrogens is 2. The molecule has 1 unspecified atom stereocenters. The van der Waals surface area contributed by atoms with Crippen LogP contribution in [0.1, 0.15) is 32.6 Å². The lowest BCUT2D eigenvalue weighted by Gasteiger charge is -2.12. The number of fused-ring (bicyclic) bond motifs is 1. The molecule has 0 aliphatic carbocycles. The zero-order valence-electron chi connectivity index (χ0n) is 17.0. The number of ether oxygens (including phenoxy) is 1. The maximum Gasteiger partial charge on any atom is 0.257 e. The van der Waals surface area contributed by atoms with Crippen LogP contribution in [0.25, 0.3) is 0 Å². The van der Waals surface area contributed by atoms with Crippen LogP contribution in [-0.4, -0.2) is 15.5 Å². The molecule has 4 aromatic rings. The first kappa shape index (κ1) is 19.5. The Labute approximate surface area is 185 Å². The Morgan fingerprint density at radius 1 is 1.10 bits per heavy atom. The van der Waals surface area contributed by atoms with E-state index >= 15 is 0 Å². The molecule has 0 saturated heterocycles. The highest BCUT2D eigenvalue weighted by Gasteiger charge is 2.28. The molecule has 2 aromatic carbocycles. The number of rotatable bonds is 5. The molecule has 1 atom stereocenters. The van der Waals surface area contributed by atoms with E-state index < -0.39 is 0 Å². The fourth-order valence-corrected chi connectivity index (χ4v) is 4.96. The van der Waals surface area contributed by atoms with Gasteiger partial charge in [-0.05, 0) is 43.3 Å². The highest BCUT2D eigenvalue weighted by atomic mass is 32.2. The number of benzene rings is 2. The smallest absolute Gasteiger partial charge is 0.257 e. The first-order valence-corrected chi connectivity index (χ1v) is 11.1. The van der Waals surface area contributed by atoms with Gasteiger partial charge in [0.15, 0.2) is 0 Å². The van der Waals surface area contributed by atoms with Crippen LogP contribution < -0.4 is 10.1 Å². The lowest BCUT2D eigenvalue weighted by atomic mass is 10.2. The van der Waals surface area contributed by atoms with Gasteiger partial charge in [-0.3, -0.25) is 9.78 Å². The molecule has 0 saturated carbocycles. The van der Waals surface area contributed by atoms with Gasteiger partial charge in [0.2, 0.25) is 0 Å². The largest absolute Gasteiger partial charge is 0.457 e. The summed E-state index contributed by atoms with van der Waals surface area (Å²) in [6.45, 7) is 2.04. The van der Waals surface area contributed by atoms with Crippen molar-refractivity contribution in [3.8, 4) is 11.5 Å². The number of nitrogens with zero attached hydrogens (tertiary/aromatic N) is 2. The number of aryl methyl sites for hydroxylation is 1. The summed E-state index contributed by atoms with van der Waals surface area (Å²) in [5.74, 6) is 2.11. The van der Waals surface area contributed by atoms with Crippen LogP contribution >= 0.6 is 11.8 Å². The molecule has 1 N–H and O–H groups in total. The third kappa shape index (κ3) is 4.07. The van der Waals surface area contributed by atoms with Crippen LogP contribution in [0.5, 0.6) is 11.5 Å². The second-order valence-electron chi connectivity index (χ2n) is 7.43. The fraction of sp³-hybridized carbons (Fsp3) is 0.120. The number of amides is 1. The summed E-state index contributed by atoms with van der Waals surface area (Å²) in [6.07, 6.45) is 5.64. The molecule has 31 heavy (non-hydrogen) atoms. The molecule has 5 nitrogen and oxygen atoms in total. The van der Waals surface area contributed by atoms with Crippen molar-refractivity contribution in [3.63, 3.8) is 0 Å². The Morgan fingerprint density at radius 2 is 1.97 bits per heavy atom. The zero-order valence-corrected chi connectivity index (χ0v) is 17.8.